The first kappa shape index (κ1) is 13.9. The van der Waals surface area contributed by atoms with Gasteiger partial charge in [0.25, 0.3) is 0 Å². The zero-order valence-electron chi connectivity index (χ0n) is 12.4. The van der Waals surface area contributed by atoms with Crippen molar-refractivity contribution in [2.45, 2.75) is 46.5 Å². The molecular formula is C19H24. The summed E-state index contributed by atoms with van der Waals surface area (Å²) in [6.45, 7) is 6.71. The normalized spacial score (nSPS) is 10.7. The van der Waals surface area contributed by atoms with Crippen LogP contribution < -0.4 is 0 Å². The summed E-state index contributed by atoms with van der Waals surface area (Å²) in [6.07, 6.45) is 4.82. The van der Waals surface area contributed by atoms with E-state index in [1.54, 1.807) is 0 Å². The van der Waals surface area contributed by atoms with Crippen molar-refractivity contribution in [1.29, 1.82) is 0 Å². The van der Waals surface area contributed by atoms with Gasteiger partial charge in [-0.3, -0.25) is 0 Å². The van der Waals surface area contributed by atoms with Crippen molar-refractivity contribution in [1.82, 2.24) is 0 Å². The van der Waals surface area contributed by atoms with Crippen LogP contribution >= 0.6 is 0 Å². The van der Waals surface area contributed by atoms with Crippen LogP contribution in [0.3, 0.4) is 0 Å². The molecule has 0 aliphatic carbocycles. The maximum absolute atomic E-state index is 2.30. The molecule has 2 rings (SSSR count). The third-order valence-corrected chi connectivity index (χ3v) is 3.94. The van der Waals surface area contributed by atoms with Crippen LogP contribution in [0.4, 0.5) is 0 Å². The molecule has 0 heteroatoms. The van der Waals surface area contributed by atoms with Crippen molar-refractivity contribution >= 4 is 0 Å². The van der Waals surface area contributed by atoms with Gasteiger partial charge in [0.05, 0.1) is 0 Å². The maximum atomic E-state index is 2.30. The standard InChI is InChI=1S/C19H24/c1-4-5-11-17-13-8-10-16(3)19(17)14-18-12-7-6-9-15(18)2/h6-10,12-13H,4-5,11,14H2,1-3H3. The zero-order valence-corrected chi connectivity index (χ0v) is 12.4. The summed E-state index contributed by atoms with van der Waals surface area (Å²) in [5.74, 6) is 0. The second-order valence-electron chi connectivity index (χ2n) is 5.42. The molecule has 0 unspecified atom stereocenters. The molecular weight excluding hydrogens is 228 g/mol. The molecule has 0 amide bonds. The summed E-state index contributed by atoms with van der Waals surface area (Å²) in [5, 5.41) is 0. The molecule has 0 N–H and O–H groups in total. The van der Waals surface area contributed by atoms with Gasteiger partial charge < -0.3 is 0 Å². The summed E-state index contributed by atoms with van der Waals surface area (Å²) < 4.78 is 0. The minimum Gasteiger partial charge on any atom is -0.0654 e. The second kappa shape index (κ2) is 6.56. The lowest BCUT2D eigenvalue weighted by Gasteiger charge is -2.14. The van der Waals surface area contributed by atoms with Gasteiger partial charge in [0, 0.05) is 0 Å². The molecule has 0 fully saturated rings. The van der Waals surface area contributed by atoms with E-state index in [1.165, 1.54) is 47.1 Å². The molecule has 0 aromatic heterocycles. The monoisotopic (exact) mass is 252 g/mol. The number of hydrogen-bond acceptors (Lipinski definition) is 0. The van der Waals surface area contributed by atoms with Crippen molar-refractivity contribution in [3.8, 4) is 0 Å². The van der Waals surface area contributed by atoms with E-state index in [1.807, 2.05) is 0 Å². The number of aryl methyl sites for hydroxylation is 3. The SMILES string of the molecule is CCCCc1cccc(C)c1Cc1ccccc1C. The largest absolute Gasteiger partial charge is 0.0654 e. The molecule has 0 nitrogen and oxygen atoms in total. The van der Waals surface area contributed by atoms with Gasteiger partial charge in [0.15, 0.2) is 0 Å². The maximum Gasteiger partial charge on any atom is -0.00178 e. The molecule has 0 atom stereocenters. The highest BCUT2D eigenvalue weighted by atomic mass is 14.1. The lowest BCUT2D eigenvalue weighted by atomic mass is 9.91. The average Bonchev–Trinajstić information content (AvgIpc) is 2.41. The molecule has 0 spiro atoms. The fourth-order valence-electron chi connectivity index (χ4n) is 2.62. The molecule has 0 saturated carbocycles. The van der Waals surface area contributed by atoms with E-state index in [0.717, 1.165) is 6.42 Å². The van der Waals surface area contributed by atoms with Crippen molar-refractivity contribution < 1.29 is 0 Å². The van der Waals surface area contributed by atoms with Crippen molar-refractivity contribution in [2.24, 2.45) is 0 Å². The summed E-state index contributed by atoms with van der Waals surface area (Å²) >= 11 is 0. The third-order valence-electron chi connectivity index (χ3n) is 3.94. The van der Waals surface area contributed by atoms with Gasteiger partial charge in [0.1, 0.15) is 0 Å². The Bertz CT molecular complexity index is 537. The van der Waals surface area contributed by atoms with Gasteiger partial charge in [-0.2, -0.15) is 0 Å². The predicted molar refractivity (Wildman–Crippen MR) is 83.8 cm³/mol. The number of benzene rings is 2. The average molecular weight is 252 g/mol. The number of hydrogen-bond donors (Lipinski definition) is 0. The van der Waals surface area contributed by atoms with Gasteiger partial charge in [-0.15, -0.1) is 0 Å². The Kier molecular flexibility index (Phi) is 4.79. The van der Waals surface area contributed by atoms with E-state index in [-0.39, 0.29) is 0 Å². The van der Waals surface area contributed by atoms with Crippen molar-refractivity contribution in [3.05, 3.63) is 70.3 Å². The Balaban J connectivity index is 2.31. The molecule has 0 saturated heterocycles. The van der Waals surface area contributed by atoms with Gasteiger partial charge in [0.2, 0.25) is 0 Å². The van der Waals surface area contributed by atoms with Crippen LogP contribution in [0.5, 0.6) is 0 Å². The first-order chi connectivity index (χ1) is 9.22. The van der Waals surface area contributed by atoms with E-state index in [9.17, 15) is 0 Å². The minimum absolute atomic E-state index is 1.07. The van der Waals surface area contributed by atoms with E-state index in [4.69, 9.17) is 0 Å². The molecule has 2 aromatic carbocycles. The van der Waals surface area contributed by atoms with Crippen LogP contribution in [-0.2, 0) is 12.8 Å². The Morgan fingerprint density at radius 3 is 2.21 bits per heavy atom. The zero-order chi connectivity index (χ0) is 13.7. The molecule has 0 heterocycles. The Hall–Kier alpha value is -1.56. The first-order valence-corrected chi connectivity index (χ1v) is 7.34. The number of rotatable bonds is 5. The lowest BCUT2D eigenvalue weighted by molar-refractivity contribution is 0.787. The third kappa shape index (κ3) is 3.47. The highest BCUT2D eigenvalue weighted by Gasteiger charge is 2.07. The quantitative estimate of drug-likeness (QED) is 0.683. The van der Waals surface area contributed by atoms with E-state index in [0.29, 0.717) is 0 Å². The fourth-order valence-corrected chi connectivity index (χ4v) is 2.62. The van der Waals surface area contributed by atoms with Gasteiger partial charge in [-0.05, 0) is 60.9 Å². The molecule has 0 aliphatic heterocycles. The molecule has 2 aromatic rings. The van der Waals surface area contributed by atoms with Gasteiger partial charge in [-0.25, -0.2) is 0 Å². The van der Waals surface area contributed by atoms with Crippen molar-refractivity contribution in [3.63, 3.8) is 0 Å². The molecule has 0 bridgehead atoms. The Morgan fingerprint density at radius 1 is 0.789 bits per heavy atom. The molecule has 0 aliphatic rings. The van der Waals surface area contributed by atoms with Gasteiger partial charge in [-0.1, -0.05) is 55.8 Å². The minimum atomic E-state index is 1.07. The first-order valence-electron chi connectivity index (χ1n) is 7.34. The Labute approximate surface area is 117 Å². The highest BCUT2D eigenvalue weighted by Crippen LogP contribution is 2.22. The molecule has 100 valence electrons. The Morgan fingerprint density at radius 2 is 1.47 bits per heavy atom. The van der Waals surface area contributed by atoms with Crippen LogP contribution in [0.1, 0.15) is 47.6 Å². The number of unbranched alkanes of at least 4 members (excludes halogenated alkanes) is 1. The molecule has 19 heavy (non-hydrogen) atoms. The summed E-state index contributed by atoms with van der Waals surface area (Å²) in [5.41, 5.74) is 7.34. The summed E-state index contributed by atoms with van der Waals surface area (Å²) in [7, 11) is 0. The van der Waals surface area contributed by atoms with Crippen LogP contribution in [0, 0.1) is 13.8 Å². The van der Waals surface area contributed by atoms with Gasteiger partial charge >= 0.3 is 0 Å². The topological polar surface area (TPSA) is 0 Å². The van der Waals surface area contributed by atoms with E-state index >= 15 is 0 Å². The summed E-state index contributed by atoms with van der Waals surface area (Å²) in [4.78, 5) is 0. The smallest absolute Gasteiger partial charge is 0.00178 e. The van der Waals surface area contributed by atoms with Crippen LogP contribution in [-0.4, -0.2) is 0 Å². The van der Waals surface area contributed by atoms with Crippen molar-refractivity contribution in [2.75, 3.05) is 0 Å². The fraction of sp³-hybridized carbons (Fsp3) is 0.368. The lowest BCUT2D eigenvalue weighted by Crippen LogP contribution is -2.00. The van der Waals surface area contributed by atoms with Crippen LogP contribution in [0.15, 0.2) is 42.5 Å². The highest BCUT2D eigenvalue weighted by molar-refractivity contribution is 5.40. The molecule has 0 radical (unpaired) electrons. The second-order valence-corrected chi connectivity index (χ2v) is 5.42. The van der Waals surface area contributed by atoms with Crippen LogP contribution in [0.2, 0.25) is 0 Å². The predicted octanol–water partition coefficient (Wildman–Crippen LogP) is 5.24. The van der Waals surface area contributed by atoms with Crippen LogP contribution in [0.25, 0.3) is 0 Å². The summed E-state index contributed by atoms with van der Waals surface area (Å²) in [6, 6.07) is 15.5. The van der Waals surface area contributed by atoms with E-state index < -0.39 is 0 Å². The van der Waals surface area contributed by atoms with E-state index in [2.05, 4.69) is 63.2 Å².